The normalized spacial score (nSPS) is 12.3. The van der Waals surface area contributed by atoms with Crippen molar-refractivity contribution in [3.05, 3.63) is 35.9 Å². The van der Waals surface area contributed by atoms with Crippen LogP contribution in [0.4, 0.5) is 0 Å². The van der Waals surface area contributed by atoms with Crippen LogP contribution in [-0.4, -0.2) is 29.4 Å². The summed E-state index contributed by atoms with van der Waals surface area (Å²) in [5, 5.41) is 14.3. The molecule has 1 atom stereocenters. The molecule has 6 nitrogen and oxygen atoms in total. The molecule has 3 N–H and O–H groups in total. The van der Waals surface area contributed by atoms with Crippen molar-refractivity contribution in [2.75, 3.05) is 6.54 Å². The molecule has 0 fully saturated rings. The molecule has 0 saturated carbocycles. The molecule has 0 aromatic heterocycles. The summed E-state index contributed by atoms with van der Waals surface area (Å²) in [4.78, 5) is 34.8. The van der Waals surface area contributed by atoms with Crippen molar-refractivity contribution in [2.45, 2.75) is 33.2 Å². The fourth-order valence-electron chi connectivity index (χ4n) is 1.72. The minimum atomic E-state index is -1.13. The van der Waals surface area contributed by atoms with E-state index < -0.39 is 23.3 Å². The Hall–Kier alpha value is -2.37. The minimum absolute atomic E-state index is 0.0262. The van der Waals surface area contributed by atoms with Crippen LogP contribution in [0.1, 0.15) is 38.8 Å². The highest BCUT2D eigenvalue weighted by atomic mass is 16.4. The van der Waals surface area contributed by atoms with Gasteiger partial charge in [-0.3, -0.25) is 9.59 Å². The second kappa shape index (κ2) is 7.59. The number of hydrogen-bond donors (Lipinski definition) is 3. The molecule has 1 aromatic rings. The minimum Gasteiger partial charge on any atom is -0.479 e. The lowest BCUT2D eigenvalue weighted by atomic mass is 9.96. The van der Waals surface area contributed by atoms with Crippen LogP contribution in [-0.2, 0) is 14.4 Å². The molecule has 0 radical (unpaired) electrons. The van der Waals surface area contributed by atoms with Gasteiger partial charge in [0.05, 0.1) is 0 Å². The largest absolute Gasteiger partial charge is 0.479 e. The van der Waals surface area contributed by atoms with Gasteiger partial charge in [0, 0.05) is 18.4 Å². The van der Waals surface area contributed by atoms with Gasteiger partial charge in [-0.25, -0.2) is 4.79 Å². The SMILES string of the molecule is CC(C)(C)C(=O)NCCC(=O)N[C@H](C(=O)O)c1ccccc1. The Morgan fingerprint density at radius 2 is 1.73 bits per heavy atom. The average Bonchev–Trinajstić information content (AvgIpc) is 2.44. The summed E-state index contributed by atoms with van der Waals surface area (Å²) in [5.41, 5.74) is -0.0218. The van der Waals surface area contributed by atoms with Gasteiger partial charge in [0.15, 0.2) is 6.04 Å². The van der Waals surface area contributed by atoms with E-state index in [2.05, 4.69) is 10.6 Å². The molecule has 1 rings (SSSR count). The molecule has 22 heavy (non-hydrogen) atoms. The first-order valence-electron chi connectivity index (χ1n) is 7.07. The van der Waals surface area contributed by atoms with Crippen LogP contribution < -0.4 is 10.6 Å². The maximum atomic E-state index is 11.8. The van der Waals surface area contributed by atoms with Crippen LogP contribution in [0.15, 0.2) is 30.3 Å². The zero-order chi connectivity index (χ0) is 16.8. The summed E-state index contributed by atoms with van der Waals surface area (Å²) in [6, 6.07) is 7.38. The lowest BCUT2D eigenvalue weighted by Crippen LogP contribution is -2.39. The molecule has 2 amide bonds. The van der Waals surface area contributed by atoms with E-state index in [-0.39, 0.29) is 18.9 Å². The second-order valence-corrected chi connectivity index (χ2v) is 6.01. The lowest BCUT2D eigenvalue weighted by molar-refractivity contribution is -0.142. The van der Waals surface area contributed by atoms with Crippen LogP contribution >= 0.6 is 0 Å². The number of hydrogen-bond acceptors (Lipinski definition) is 3. The quantitative estimate of drug-likeness (QED) is 0.742. The van der Waals surface area contributed by atoms with Crippen molar-refractivity contribution in [1.29, 1.82) is 0 Å². The van der Waals surface area contributed by atoms with Crippen LogP contribution in [0.25, 0.3) is 0 Å². The van der Waals surface area contributed by atoms with Crippen LogP contribution in [0.5, 0.6) is 0 Å². The van der Waals surface area contributed by atoms with Crippen molar-refractivity contribution in [3.8, 4) is 0 Å². The van der Waals surface area contributed by atoms with E-state index in [4.69, 9.17) is 0 Å². The Morgan fingerprint density at radius 1 is 1.14 bits per heavy atom. The van der Waals surface area contributed by atoms with Crippen molar-refractivity contribution in [3.63, 3.8) is 0 Å². The zero-order valence-corrected chi connectivity index (χ0v) is 13.1. The number of nitrogens with one attached hydrogen (secondary N) is 2. The summed E-state index contributed by atoms with van der Waals surface area (Å²) in [5.74, 6) is -1.71. The third-order valence-corrected chi connectivity index (χ3v) is 3.00. The monoisotopic (exact) mass is 306 g/mol. The van der Waals surface area contributed by atoms with Crippen molar-refractivity contribution >= 4 is 17.8 Å². The van der Waals surface area contributed by atoms with Gasteiger partial charge in [-0.2, -0.15) is 0 Å². The number of amides is 2. The highest BCUT2D eigenvalue weighted by molar-refractivity contribution is 5.85. The van der Waals surface area contributed by atoms with Gasteiger partial charge < -0.3 is 15.7 Å². The standard InChI is InChI=1S/C16H22N2O4/c1-16(2,3)15(22)17-10-9-12(19)18-13(14(20)21)11-7-5-4-6-8-11/h4-8,13H,9-10H2,1-3H3,(H,17,22)(H,18,19)(H,20,21)/t13-/m0/s1. The summed E-state index contributed by atoms with van der Waals surface area (Å²) in [6.07, 6.45) is 0.0262. The van der Waals surface area contributed by atoms with E-state index in [1.165, 1.54) is 0 Å². The van der Waals surface area contributed by atoms with Crippen LogP contribution in [0.2, 0.25) is 0 Å². The molecule has 6 heteroatoms. The van der Waals surface area contributed by atoms with Gasteiger partial charge in [0.25, 0.3) is 0 Å². The van der Waals surface area contributed by atoms with Gasteiger partial charge >= 0.3 is 5.97 Å². The van der Waals surface area contributed by atoms with E-state index in [1.807, 2.05) is 0 Å². The topological polar surface area (TPSA) is 95.5 Å². The molecule has 0 heterocycles. The van der Waals surface area contributed by atoms with E-state index in [0.717, 1.165) is 0 Å². The highest BCUT2D eigenvalue weighted by Crippen LogP contribution is 2.13. The molecule has 0 aliphatic heterocycles. The summed E-state index contributed by atoms with van der Waals surface area (Å²) >= 11 is 0. The molecular formula is C16H22N2O4. The number of carboxylic acid groups (broad SMARTS) is 1. The number of carbonyl (C=O) groups is 3. The molecule has 0 aliphatic rings. The summed E-state index contributed by atoms with van der Waals surface area (Å²) < 4.78 is 0. The Morgan fingerprint density at radius 3 is 2.23 bits per heavy atom. The molecule has 0 aliphatic carbocycles. The number of rotatable bonds is 6. The number of carbonyl (C=O) groups excluding carboxylic acids is 2. The molecule has 1 aromatic carbocycles. The van der Waals surface area contributed by atoms with Crippen molar-refractivity contribution in [2.24, 2.45) is 5.41 Å². The Labute approximate surface area is 129 Å². The fourth-order valence-corrected chi connectivity index (χ4v) is 1.72. The van der Waals surface area contributed by atoms with Crippen molar-refractivity contribution < 1.29 is 19.5 Å². The van der Waals surface area contributed by atoms with Gasteiger partial charge in [-0.1, -0.05) is 51.1 Å². The predicted octanol–water partition coefficient (Wildman–Crippen LogP) is 1.48. The van der Waals surface area contributed by atoms with Crippen molar-refractivity contribution in [1.82, 2.24) is 10.6 Å². The molecule has 0 saturated heterocycles. The van der Waals surface area contributed by atoms with Gasteiger partial charge in [-0.15, -0.1) is 0 Å². The number of aliphatic carboxylic acids is 1. The molecule has 0 bridgehead atoms. The Bertz CT molecular complexity index is 535. The molecular weight excluding hydrogens is 284 g/mol. The lowest BCUT2D eigenvalue weighted by Gasteiger charge is -2.18. The van der Waals surface area contributed by atoms with E-state index in [1.54, 1.807) is 51.1 Å². The van der Waals surface area contributed by atoms with Gasteiger partial charge in [0.2, 0.25) is 11.8 Å². The smallest absolute Gasteiger partial charge is 0.330 e. The zero-order valence-electron chi connectivity index (χ0n) is 13.1. The van der Waals surface area contributed by atoms with Gasteiger partial charge in [0.1, 0.15) is 0 Å². The number of carboxylic acids is 1. The second-order valence-electron chi connectivity index (χ2n) is 6.01. The maximum Gasteiger partial charge on any atom is 0.330 e. The maximum absolute atomic E-state index is 11.8. The van der Waals surface area contributed by atoms with Gasteiger partial charge in [-0.05, 0) is 5.56 Å². The highest BCUT2D eigenvalue weighted by Gasteiger charge is 2.23. The predicted molar refractivity (Wildman–Crippen MR) is 82.0 cm³/mol. The third-order valence-electron chi connectivity index (χ3n) is 3.00. The number of benzene rings is 1. The summed E-state index contributed by atoms with van der Waals surface area (Å²) in [7, 11) is 0. The van der Waals surface area contributed by atoms with E-state index >= 15 is 0 Å². The van der Waals surface area contributed by atoms with Crippen LogP contribution in [0, 0.1) is 5.41 Å². The molecule has 120 valence electrons. The summed E-state index contributed by atoms with van der Waals surface area (Å²) in [6.45, 7) is 5.50. The Kier molecular flexibility index (Phi) is 6.10. The fraction of sp³-hybridized carbons (Fsp3) is 0.438. The third kappa shape index (κ3) is 5.55. The van der Waals surface area contributed by atoms with E-state index in [9.17, 15) is 19.5 Å². The first-order chi connectivity index (χ1) is 10.2. The first kappa shape index (κ1) is 17.7. The Balaban J connectivity index is 2.52. The van der Waals surface area contributed by atoms with Crippen LogP contribution in [0.3, 0.4) is 0 Å². The average molecular weight is 306 g/mol. The molecule has 0 spiro atoms. The molecule has 0 unspecified atom stereocenters. The first-order valence-corrected chi connectivity index (χ1v) is 7.07. The van der Waals surface area contributed by atoms with E-state index in [0.29, 0.717) is 5.56 Å².